The lowest BCUT2D eigenvalue weighted by Gasteiger charge is -2.22. The van der Waals surface area contributed by atoms with E-state index < -0.39 is 0 Å². The normalized spacial score (nSPS) is 15.2. The summed E-state index contributed by atoms with van der Waals surface area (Å²) in [6.45, 7) is 7.07. The molecule has 0 saturated heterocycles. The third kappa shape index (κ3) is 4.36. The molecule has 2 N–H and O–H groups in total. The van der Waals surface area contributed by atoms with Crippen molar-refractivity contribution < 1.29 is 5.11 Å². The van der Waals surface area contributed by atoms with Gasteiger partial charge in [0.15, 0.2) is 0 Å². The van der Waals surface area contributed by atoms with Crippen LogP contribution < -0.4 is 5.32 Å². The number of thiophene rings is 1. The summed E-state index contributed by atoms with van der Waals surface area (Å²) in [5, 5.41) is 15.5. The van der Waals surface area contributed by atoms with E-state index in [2.05, 4.69) is 53.5 Å². The molecule has 0 saturated carbocycles. The van der Waals surface area contributed by atoms with Gasteiger partial charge in [0.1, 0.15) is 0 Å². The van der Waals surface area contributed by atoms with Crippen LogP contribution in [-0.4, -0.2) is 17.8 Å². The summed E-state index contributed by atoms with van der Waals surface area (Å²) in [7, 11) is 0. The minimum Gasteiger partial charge on any atom is -0.392 e. The molecule has 1 aromatic rings. The van der Waals surface area contributed by atoms with Crippen LogP contribution >= 0.6 is 27.3 Å². The van der Waals surface area contributed by atoms with Gasteiger partial charge >= 0.3 is 0 Å². The fourth-order valence-corrected chi connectivity index (χ4v) is 3.75. The Morgan fingerprint density at radius 3 is 2.53 bits per heavy atom. The first-order valence-electron chi connectivity index (χ1n) is 6.24. The summed E-state index contributed by atoms with van der Waals surface area (Å²) >= 11 is 5.28. The maximum absolute atomic E-state index is 10.1. The Bertz CT molecular complexity index is 325. The van der Waals surface area contributed by atoms with Crippen molar-refractivity contribution in [3.8, 4) is 0 Å². The molecule has 1 heterocycles. The zero-order valence-corrected chi connectivity index (χ0v) is 13.1. The minimum atomic E-state index is -0.244. The smallest absolute Gasteiger partial charge is 0.0692 e. The van der Waals surface area contributed by atoms with E-state index in [4.69, 9.17) is 0 Å². The fourth-order valence-electron chi connectivity index (χ4n) is 2.00. The summed E-state index contributed by atoms with van der Waals surface area (Å²) in [6.07, 6.45) is 1.83. The molecule has 0 aliphatic carbocycles. The second kappa shape index (κ2) is 7.52. The first-order valence-corrected chi connectivity index (χ1v) is 7.91. The van der Waals surface area contributed by atoms with E-state index >= 15 is 0 Å². The molecule has 1 rings (SSSR count). The first kappa shape index (κ1) is 15.2. The van der Waals surface area contributed by atoms with E-state index in [0.717, 1.165) is 17.3 Å². The SMILES string of the molecule is CCC(CC)C(O)CNC(C)c1sccc1Br. The largest absolute Gasteiger partial charge is 0.392 e. The molecular formula is C13H22BrNOS. The highest BCUT2D eigenvalue weighted by atomic mass is 79.9. The molecule has 2 atom stereocenters. The Labute approximate surface area is 117 Å². The van der Waals surface area contributed by atoms with Crippen LogP contribution in [0.1, 0.15) is 44.5 Å². The van der Waals surface area contributed by atoms with Gasteiger partial charge in [0.25, 0.3) is 0 Å². The van der Waals surface area contributed by atoms with Gasteiger partial charge in [-0.25, -0.2) is 0 Å². The van der Waals surface area contributed by atoms with Crippen LogP contribution in [0.2, 0.25) is 0 Å². The lowest BCUT2D eigenvalue weighted by Crippen LogP contribution is -2.33. The molecule has 4 heteroatoms. The molecule has 0 radical (unpaired) electrons. The second-order valence-corrected chi connectivity index (χ2v) is 6.21. The molecule has 2 nitrogen and oxygen atoms in total. The van der Waals surface area contributed by atoms with Gasteiger partial charge in [-0.3, -0.25) is 0 Å². The summed E-state index contributed by atoms with van der Waals surface area (Å²) in [5.74, 6) is 0.404. The lowest BCUT2D eigenvalue weighted by atomic mass is 9.96. The summed E-state index contributed by atoms with van der Waals surface area (Å²) in [5.41, 5.74) is 0. The molecule has 0 aromatic carbocycles. The van der Waals surface area contributed by atoms with Crippen LogP contribution in [-0.2, 0) is 0 Å². The van der Waals surface area contributed by atoms with Gasteiger partial charge in [-0.2, -0.15) is 0 Å². The summed E-state index contributed by atoms with van der Waals surface area (Å²) in [4.78, 5) is 1.29. The van der Waals surface area contributed by atoms with Crippen LogP contribution in [0.25, 0.3) is 0 Å². The average molecular weight is 320 g/mol. The second-order valence-electron chi connectivity index (χ2n) is 4.41. The van der Waals surface area contributed by atoms with Gasteiger partial charge in [-0.15, -0.1) is 11.3 Å². The summed E-state index contributed by atoms with van der Waals surface area (Å²) in [6, 6.07) is 2.35. The molecule has 98 valence electrons. The van der Waals surface area contributed by atoms with Crippen LogP contribution in [0.3, 0.4) is 0 Å². The number of hydrogen-bond donors (Lipinski definition) is 2. The van der Waals surface area contributed by atoms with E-state index in [1.54, 1.807) is 11.3 Å². The average Bonchev–Trinajstić information content (AvgIpc) is 2.74. The van der Waals surface area contributed by atoms with Gasteiger partial charge in [-0.05, 0) is 40.2 Å². The van der Waals surface area contributed by atoms with Crippen LogP contribution in [0.5, 0.6) is 0 Å². The van der Waals surface area contributed by atoms with Crippen molar-refractivity contribution in [2.75, 3.05) is 6.54 Å². The predicted molar refractivity (Wildman–Crippen MR) is 78.5 cm³/mol. The summed E-state index contributed by atoms with van der Waals surface area (Å²) < 4.78 is 1.15. The van der Waals surface area contributed by atoms with Gasteiger partial charge in [0, 0.05) is 21.9 Å². The van der Waals surface area contributed by atoms with Crippen molar-refractivity contribution in [3.63, 3.8) is 0 Å². The molecule has 0 amide bonds. The molecule has 2 unspecified atom stereocenters. The van der Waals surface area contributed by atoms with Crippen molar-refractivity contribution >= 4 is 27.3 Å². The fraction of sp³-hybridized carbons (Fsp3) is 0.692. The Balaban J connectivity index is 2.43. The first-order chi connectivity index (χ1) is 8.10. The zero-order valence-electron chi connectivity index (χ0n) is 10.7. The number of rotatable bonds is 7. The van der Waals surface area contributed by atoms with Gasteiger partial charge in [0.05, 0.1) is 6.10 Å². The molecule has 17 heavy (non-hydrogen) atoms. The van der Waals surface area contributed by atoms with Crippen molar-refractivity contribution in [2.45, 2.75) is 45.8 Å². The Morgan fingerprint density at radius 2 is 2.06 bits per heavy atom. The third-order valence-electron chi connectivity index (χ3n) is 3.26. The maximum atomic E-state index is 10.1. The van der Waals surface area contributed by atoms with E-state index in [1.165, 1.54) is 4.88 Å². The molecule has 0 aliphatic rings. The molecule has 0 fully saturated rings. The van der Waals surface area contributed by atoms with Crippen molar-refractivity contribution in [1.29, 1.82) is 0 Å². The number of hydrogen-bond acceptors (Lipinski definition) is 3. The molecule has 1 aromatic heterocycles. The number of aliphatic hydroxyl groups excluding tert-OH is 1. The number of aliphatic hydroxyl groups is 1. The van der Waals surface area contributed by atoms with E-state index in [1.807, 2.05) is 0 Å². The standard InChI is InChI=1S/C13H22BrNOS/c1-4-10(5-2)12(16)8-15-9(3)13-11(14)6-7-17-13/h6-7,9-10,12,15-16H,4-5,8H2,1-3H3. The topological polar surface area (TPSA) is 32.3 Å². The van der Waals surface area contributed by atoms with Crippen LogP contribution in [0, 0.1) is 5.92 Å². The Hall–Kier alpha value is 0.100. The highest BCUT2D eigenvalue weighted by Gasteiger charge is 2.17. The van der Waals surface area contributed by atoms with Crippen molar-refractivity contribution in [1.82, 2.24) is 5.32 Å². The van der Waals surface area contributed by atoms with Crippen LogP contribution in [0.4, 0.5) is 0 Å². The molecular weight excluding hydrogens is 298 g/mol. The Morgan fingerprint density at radius 1 is 1.41 bits per heavy atom. The maximum Gasteiger partial charge on any atom is 0.0692 e. The Kier molecular flexibility index (Phi) is 6.70. The van der Waals surface area contributed by atoms with Gasteiger partial charge in [0.2, 0.25) is 0 Å². The highest BCUT2D eigenvalue weighted by Crippen LogP contribution is 2.28. The highest BCUT2D eigenvalue weighted by molar-refractivity contribution is 9.10. The van der Waals surface area contributed by atoms with Crippen LogP contribution in [0.15, 0.2) is 15.9 Å². The molecule has 0 bridgehead atoms. The van der Waals surface area contributed by atoms with E-state index in [0.29, 0.717) is 12.5 Å². The quantitative estimate of drug-likeness (QED) is 0.797. The molecule has 0 spiro atoms. The monoisotopic (exact) mass is 319 g/mol. The minimum absolute atomic E-state index is 0.244. The molecule has 0 aliphatic heterocycles. The predicted octanol–water partition coefficient (Wildman–Crippen LogP) is 3.96. The third-order valence-corrected chi connectivity index (χ3v) is 5.32. The van der Waals surface area contributed by atoms with Gasteiger partial charge in [-0.1, -0.05) is 26.7 Å². The van der Waals surface area contributed by atoms with Gasteiger partial charge < -0.3 is 10.4 Å². The van der Waals surface area contributed by atoms with E-state index in [-0.39, 0.29) is 12.1 Å². The lowest BCUT2D eigenvalue weighted by molar-refractivity contribution is 0.0990. The number of halogens is 1. The zero-order chi connectivity index (χ0) is 12.8. The number of nitrogens with one attached hydrogen (secondary N) is 1. The van der Waals surface area contributed by atoms with Crippen molar-refractivity contribution in [2.24, 2.45) is 5.92 Å². The van der Waals surface area contributed by atoms with E-state index in [9.17, 15) is 5.11 Å². The van der Waals surface area contributed by atoms with Crippen molar-refractivity contribution in [3.05, 3.63) is 20.8 Å².